The van der Waals surface area contributed by atoms with Crippen LogP contribution in [0.4, 0.5) is 0 Å². The second kappa shape index (κ2) is 16.6. The Hall–Kier alpha value is 1.05. The molecule has 0 aromatic heterocycles. The first-order valence-corrected chi connectivity index (χ1v) is 3.93. The molecule has 0 heterocycles. The van der Waals surface area contributed by atoms with Crippen molar-refractivity contribution in [3.8, 4) is 0 Å². The number of rotatable bonds is 3. The predicted octanol–water partition coefficient (Wildman–Crippen LogP) is 3.49. The third-order valence-corrected chi connectivity index (χ3v) is 1.39. The van der Waals surface area contributed by atoms with Crippen LogP contribution in [0.25, 0.3) is 0 Å². The molecule has 0 aliphatic rings. The smallest absolute Gasteiger partial charge is 0.343 e. The van der Waals surface area contributed by atoms with Gasteiger partial charge in [-0.3, -0.25) is 0 Å². The minimum atomic E-state index is 0. The van der Waals surface area contributed by atoms with Crippen molar-refractivity contribution in [3.63, 3.8) is 0 Å². The first-order valence-electron chi connectivity index (χ1n) is 3.93. The first kappa shape index (κ1) is 17.2. The Morgan fingerprint density at radius 3 is 1.40 bits per heavy atom. The van der Waals surface area contributed by atoms with Gasteiger partial charge in [0.15, 0.2) is 0 Å². The van der Waals surface area contributed by atoms with E-state index in [1.807, 2.05) is 13.8 Å². The molecule has 0 aromatic carbocycles. The fourth-order valence-corrected chi connectivity index (χ4v) is 0.553. The van der Waals surface area contributed by atoms with Crippen molar-refractivity contribution in [2.24, 2.45) is 5.92 Å². The molecule has 1 heteroatoms. The molecule has 60 valence electrons. The van der Waals surface area contributed by atoms with Gasteiger partial charge in [0, 0.05) is 0 Å². The Morgan fingerprint density at radius 2 is 1.40 bits per heavy atom. The molecule has 0 saturated carbocycles. The fraction of sp³-hybridized carbons (Fsp3) is 0.778. The minimum Gasteiger partial charge on any atom is -0.343 e. The second-order valence-corrected chi connectivity index (χ2v) is 1.85. The molecule has 0 fully saturated rings. The van der Waals surface area contributed by atoms with Crippen molar-refractivity contribution in [2.45, 2.75) is 40.0 Å². The quantitative estimate of drug-likeness (QED) is 0.671. The van der Waals surface area contributed by atoms with Crippen molar-refractivity contribution in [1.29, 1.82) is 0 Å². The Kier molecular flexibility index (Phi) is 28.5. The SMILES string of the molecule is CC.[CH2-]CC(C[CH2-])CC.[U+2]. The van der Waals surface area contributed by atoms with Gasteiger partial charge in [-0.2, -0.15) is 12.8 Å². The van der Waals surface area contributed by atoms with Gasteiger partial charge in [0.1, 0.15) is 0 Å². The van der Waals surface area contributed by atoms with Gasteiger partial charge in [-0.1, -0.05) is 33.1 Å². The summed E-state index contributed by atoms with van der Waals surface area (Å²) in [5.41, 5.74) is 0. The van der Waals surface area contributed by atoms with Crippen molar-refractivity contribution >= 4 is 0 Å². The third-order valence-electron chi connectivity index (χ3n) is 1.39. The van der Waals surface area contributed by atoms with Gasteiger partial charge < -0.3 is 13.8 Å². The van der Waals surface area contributed by atoms with Gasteiger partial charge in [0.2, 0.25) is 0 Å². The van der Waals surface area contributed by atoms with E-state index in [0.717, 1.165) is 18.8 Å². The van der Waals surface area contributed by atoms with Crippen LogP contribution in [0.2, 0.25) is 0 Å². The van der Waals surface area contributed by atoms with E-state index in [1.54, 1.807) is 0 Å². The Morgan fingerprint density at radius 1 is 1.10 bits per heavy atom. The molecule has 0 bridgehead atoms. The minimum absolute atomic E-state index is 0. The summed E-state index contributed by atoms with van der Waals surface area (Å²) in [6.45, 7) is 13.8. The summed E-state index contributed by atoms with van der Waals surface area (Å²) in [7, 11) is 0. The molecule has 0 aromatic rings. The van der Waals surface area contributed by atoms with E-state index in [2.05, 4.69) is 20.8 Å². The molecule has 0 saturated heterocycles. The summed E-state index contributed by atoms with van der Waals surface area (Å²) in [6, 6.07) is 0. The number of hydrogen-bond donors (Lipinski definition) is 0. The molecule has 0 unspecified atom stereocenters. The summed E-state index contributed by atoms with van der Waals surface area (Å²) in [6.07, 6.45) is 3.31. The zero-order valence-electron chi connectivity index (χ0n) is 7.61. The second-order valence-electron chi connectivity index (χ2n) is 1.85. The topological polar surface area (TPSA) is 0 Å². The summed E-state index contributed by atoms with van der Waals surface area (Å²) in [5, 5.41) is 0. The normalized spacial score (nSPS) is 7.80. The molecule has 0 amide bonds. The van der Waals surface area contributed by atoms with Gasteiger partial charge in [0.25, 0.3) is 0 Å². The molecule has 0 aliphatic carbocycles. The zero-order chi connectivity index (χ0) is 7.70. The molecule has 0 radical (unpaired) electrons. The van der Waals surface area contributed by atoms with E-state index >= 15 is 0 Å². The Labute approximate surface area is 90.5 Å². The average molecular weight is 366 g/mol. The largest absolute Gasteiger partial charge is 2.00 e. The van der Waals surface area contributed by atoms with Crippen molar-refractivity contribution in [2.75, 3.05) is 0 Å². The summed E-state index contributed by atoms with van der Waals surface area (Å²) in [4.78, 5) is 0. The monoisotopic (exact) mass is 366 g/mol. The van der Waals surface area contributed by atoms with Crippen LogP contribution in [-0.2, 0) is 0 Å². The van der Waals surface area contributed by atoms with E-state index < -0.39 is 0 Å². The zero-order valence-corrected chi connectivity index (χ0v) is 11.8. The van der Waals surface area contributed by atoms with Crippen LogP contribution in [0.3, 0.4) is 0 Å². The van der Waals surface area contributed by atoms with Crippen LogP contribution < -0.4 is 0 Å². The van der Waals surface area contributed by atoms with E-state index in [9.17, 15) is 0 Å². The summed E-state index contributed by atoms with van der Waals surface area (Å²) < 4.78 is 0. The molecule has 0 aliphatic heterocycles. The van der Waals surface area contributed by atoms with Gasteiger partial charge >= 0.3 is 31.1 Å². The van der Waals surface area contributed by atoms with Crippen molar-refractivity contribution < 1.29 is 31.1 Å². The van der Waals surface area contributed by atoms with Gasteiger partial charge in [0.05, 0.1) is 0 Å². The Balaban J connectivity index is -0.000000149. The van der Waals surface area contributed by atoms with E-state index in [0.29, 0.717) is 0 Å². The average Bonchev–Trinajstić information content (AvgIpc) is 1.96. The Bertz CT molecular complexity index is 26.2. The molecule has 0 nitrogen and oxygen atoms in total. The maximum absolute atomic E-state index is 3.79. The first-order chi connectivity index (χ1) is 4.35. The van der Waals surface area contributed by atoms with Crippen LogP contribution in [0, 0.1) is 50.9 Å². The third kappa shape index (κ3) is 11.8. The van der Waals surface area contributed by atoms with E-state index in [4.69, 9.17) is 0 Å². The predicted molar refractivity (Wildman–Crippen MR) is 45.1 cm³/mol. The van der Waals surface area contributed by atoms with Gasteiger partial charge in [-0.05, 0) is 0 Å². The molecule has 0 rings (SSSR count). The van der Waals surface area contributed by atoms with E-state index in [1.165, 1.54) is 6.42 Å². The molecule has 0 spiro atoms. The molecule has 0 atom stereocenters. The maximum atomic E-state index is 3.79. The number of hydrogen-bond acceptors (Lipinski definition) is 0. The molecule has 10 heavy (non-hydrogen) atoms. The molecular weight excluding hydrogens is 346 g/mol. The standard InChI is InChI=1S/C7H14.C2H6.U/c1-4-7(5-2)6-3;1-2;/h7H,1-2,4-6H2,3H3;1-2H3;/q-2;;+2. The summed E-state index contributed by atoms with van der Waals surface area (Å²) >= 11 is 0. The van der Waals surface area contributed by atoms with Crippen LogP contribution in [0.15, 0.2) is 0 Å². The van der Waals surface area contributed by atoms with Crippen LogP contribution >= 0.6 is 0 Å². The maximum Gasteiger partial charge on any atom is 2.00 e. The summed E-state index contributed by atoms with van der Waals surface area (Å²) in [5.74, 6) is 0.764. The van der Waals surface area contributed by atoms with Gasteiger partial charge in [-0.15, -0.1) is 0 Å². The van der Waals surface area contributed by atoms with Crippen LogP contribution in [-0.4, -0.2) is 0 Å². The van der Waals surface area contributed by atoms with Crippen LogP contribution in [0.5, 0.6) is 0 Å². The molecular formula is C9H20U. The fourth-order valence-electron chi connectivity index (χ4n) is 0.553. The van der Waals surface area contributed by atoms with Gasteiger partial charge in [-0.25, -0.2) is 0 Å². The van der Waals surface area contributed by atoms with Crippen LogP contribution in [0.1, 0.15) is 40.0 Å². The molecule has 0 N–H and O–H groups in total. The van der Waals surface area contributed by atoms with Crippen molar-refractivity contribution in [3.05, 3.63) is 13.8 Å². The van der Waals surface area contributed by atoms with Crippen molar-refractivity contribution in [1.82, 2.24) is 0 Å². The van der Waals surface area contributed by atoms with E-state index in [-0.39, 0.29) is 31.1 Å².